The fourth-order valence-electron chi connectivity index (χ4n) is 1.55. The zero-order valence-corrected chi connectivity index (χ0v) is 11.3. The molecule has 0 spiro atoms. The number of carbonyl (C=O) groups is 1. The summed E-state index contributed by atoms with van der Waals surface area (Å²) >= 11 is 4.64. The molecule has 20 heavy (non-hydrogen) atoms. The van der Waals surface area contributed by atoms with Crippen LogP contribution in [-0.4, -0.2) is 28.9 Å². The maximum absolute atomic E-state index is 13.6. The van der Waals surface area contributed by atoms with E-state index in [9.17, 15) is 22.4 Å². The number of hydrogen-bond acceptors (Lipinski definition) is 2. The number of benzene rings is 1. The standard InChI is InChI=1S/C12H12F4N2OS/c1-2-18(6-10(17)20)11(19)8-5-7(12(14,15)16)3-4-9(8)13/h3-5H,2,6H2,1H3,(H2,17,20). The maximum Gasteiger partial charge on any atom is 0.416 e. The van der Waals surface area contributed by atoms with Crippen LogP contribution in [0, 0.1) is 5.82 Å². The summed E-state index contributed by atoms with van der Waals surface area (Å²) < 4.78 is 51.3. The summed E-state index contributed by atoms with van der Waals surface area (Å²) in [4.78, 5) is 13.1. The molecule has 1 amide bonds. The third kappa shape index (κ3) is 3.89. The normalized spacial score (nSPS) is 11.2. The highest BCUT2D eigenvalue weighted by Crippen LogP contribution is 2.30. The Morgan fingerprint density at radius 2 is 2.00 bits per heavy atom. The van der Waals surface area contributed by atoms with Crippen molar-refractivity contribution in [3.63, 3.8) is 0 Å². The van der Waals surface area contributed by atoms with Gasteiger partial charge < -0.3 is 10.6 Å². The smallest absolute Gasteiger partial charge is 0.392 e. The summed E-state index contributed by atoms with van der Waals surface area (Å²) in [6.45, 7) is 1.61. The van der Waals surface area contributed by atoms with Gasteiger partial charge in [-0.1, -0.05) is 12.2 Å². The van der Waals surface area contributed by atoms with Crippen LogP contribution < -0.4 is 5.73 Å². The summed E-state index contributed by atoms with van der Waals surface area (Å²) in [5.41, 5.74) is 3.54. The molecule has 0 saturated heterocycles. The molecule has 0 radical (unpaired) electrons. The Hall–Kier alpha value is -1.70. The van der Waals surface area contributed by atoms with Gasteiger partial charge in [0.15, 0.2) is 0 Å². The van der Waals surface area contributed by atoms with Crippen LogP contribution >= 0.6 is 12.2 Å². The number of thiocarbonyl (C=S) groups is 1. The quantitative estimate of drug-likeness (QED) is 0.687. The molecule has 0 aliphatic rings. The molecule has 0 aromatic heterocycles. The van der Waals surface area contributed by atoms with Crippen molar-refractivity contribution >= 4 is 23.1 Å². The molecule has 0 atom stereocenters. The summed E-state index contributed by atoms with van der Waals surface area (Å²) in [5.74, 6) is -1.91. The van der Waals surface area contributed by atoms with Crippen LogP contribution in [0.5, 0.6) is 0 Å². The lowest BCUT2D eigenvalue weighted by molar-refractivity contribution is -0.137. The van der Waals surface area contributed by atoms with Crippen molar-refractivity contribution in [2.75, 3.05) is 13.1 Å². The maximum atomic E-state index is 13.6. The monoisotopic (exact) mass is 308 g/mol. The van der Waals surface area contributed by atoms with Crippen molar-refractivity contribution in [3.8, 4) is 0 Å². The van der Waals surface area contributed by atoms with Crippen LogP contribution in [0.15, 0.2) is 18.2 Å². The Morgan fingerprint density at radius 3 is 2.45 bits per heavy atom. The highest BCUT2D eigenvalue weighted by molar-refractivity contribution is 7.80. The predicted octanol–water partition coefficient (Wildman–Crippen LogP) is 2.59. The van der Waals surface area contributed by atoms with Crippen molar-refractivity contribution in [3.05, 3.63) is 35.1 Å². The third-order valence-electron chi connectivity index (χ3n) is 2.54. The highest BCUT2D eigenvalue weighted by atomic mass is 32.1. The molecular weight excluding hydrogens is 296 g/mol. The topological polar surface area (TPSA) is 46.3 Å². The van der Waals surface area contributed by atoms with Gasteiger partial charge in [0.2, 0.25) is 0 Å². The first-order chi connectivity index (χ1) is 9.16. The lowest BCUT2D eigenvalue weighted by Gasteiger charge is -2.21. The molecule has 0 saturated carbocycles. The van der Waals surface area contributed by atoms with Crippen molar-refractivity contribution in [1.82, 2.24) is 4.90 Å². The van der Waals surface area contributed by atoms with Crippen LogP contribution in [-0.2, 0) is 6.18 Å². The van der Waals surface area contributed by atoms with Gasteiger partial charge in [-0.05, 0) is 25.1 Å². The molecule has 0 unspecified atom stereocenters. The molecule has 0 aliphatic heterocycles. The van der Waals surface area contributed by atoms with Crippen molar-refractivity contribution in [2.45, 2.75) is 13.1 Å². The van der Waals surface area contributed by atoms with E-state index in [-0.39, 0.29) is 18.1 Å². The number of nitrogens with zero attached hydrogens (tertiary/aromatic N) is 1. The number of halogens is 4. The van der Waals surface area contributed by atoms with E-state index >= 15 is 0 Å². The number of alkyl halides is 3. The first-order valence-electron chi connectivity index (χ1n) is 5.61. The second-order valence-electron chi connectivity index (χ2n) is 3.98. The third-order valence-corrected chi connectivity index (χ3v) is 2.67. The van der Waals surface area contributed by atoms with E-state index in [0.717, 1.165) is 4.90 Å². The molecule has 1 rings (SSSR count). The van der Waals surface area contributed by atoms with Crippen LogP contribution in [0.25, 0.3) is 0 Å². The number of likely N-dealkylation sites (N-methyl/N-ethyl adjacent to an activating group) is 1. The molecule has 8 heteroatoms. The Bertz CT molecular complexity index is 531. The lowest BCUT2D eigenvalue weighted by Crippen LogP contribution is -2.38. The van der Waals surface area contributed by atoms with Crippen molar-refractivity contribution < 1.29 is 22.4 Å². The van der Waals surface area contributed by atoms with E-state index in [1.165, 1.54) is 0 Å². The van der Waals surface area contributed by atoms with E-state index in [1.54, 1.807) is 6.92 Å². The van der Waals surface area contributed by atoms with Gasteiger partial charge in [0, 0.05) is 6.54 Å². The molecule has 2 N–H and O–H groups in total. The zero-order valence-electron chi connectivity index (χ0n) is 10.5. The Balaban J connectivity index is 3.17. The Labute approximate surface area is 118 Å². The summed E-state index contributed by atoms with van der Waals surface area (Å²) in [6, 6.07) is 1.68. The SMILES string of the molecule is CCN(CC(N)=S)C(=O)c1cc(C(F)(F)F)ccc1F. The molecule has 0 aliphatic carbocycles. The number of amides is 1. The summed E-state index contributed by atoms with van der Waals surface area (Å²) in [7, 11) is 0. The van der Waals surface area contributed by atoms with E-state index in [4.69, 9.17) is 5.73 Å². The van der Waals surface area contributed by atoms with Crippen LogP contribution in [0.4, 0.5) is 17.6 Å². The van der Waals surface area contributed by atoms with E-state index in [1.807, 2.05) is 0 Å². The van der Waals surface area contributed by atoms with Gasteiger partial charge in [0.25, 0.3) is 5.91 Å². The first kappa shape index (κ1) is 16.4. The van der Waals surface area contributed by atoms with E-state index < -0.39 is 29.0 Å². The number of nitrogens with two attached hydrogens (primary N) is 1. The van der Waals surface area contributed by atoms with Crippen LogP contribution in [0.3, 0.4) is 0 Å². The first-order valence-corrected chi connectivity index (χ1v) is 6.02. The molecule has 0 bridgehead atoms. The fourth-order valence-corrected chi connectivity index (χ4v) is 1.71. The molecule has 1 aromatic rings. The van der Waals surface area contributed by atoms with Crippen LogP contribution in [0.2, 0.25) is 0 Å². The highest BCUT2D eigenvalue weighted by Gasteiger charge is 2.32. The van der Waals surface area contributed by atoms with Gasteiger partial charge >= 0.3 is 6.18 Å². The molecular formula is C12H12F4N2OS. The van der Waals surface area contributed by atoms with Crippen molar-refractivity contribution in [2.24, 2.45) is 5.73 Å². The zero-order chi connectivity index (χ0) is 15.5. The largest absolute Gasteiger partial charge is 0.416 e. The number of hydrogen-bond donors (Lipinski definition) is 1. The summed E-state index contributed by atoms with van der Waals surface area (Å²) in [5, 5.41) is 0. The van der Waals surface area contributed by atoms with Gasteiger partial charge in [0.05, 0.1) is 22.7 Å². The Morgan fingerprint density at radius 1 is 1.40 bits per heavy atom. The minimum Gasteiger partial charge on any atom is -0.392 e. The van der Waals surface area contributed by atoms with Crippen molar-refractivity contribution in [1.29, 1.82) is 0 Å². The average molecular weight is 308 g/mol. The number of rotatable bonds is 4. The second kappa shape index (κ2) is 6.17. The van der Waals surface area contributed by atoms with E-state index in [0.29, 0.717) is 18.2 Å². The second-order valence-corrected chi connectivity index (χ2v) is 4.50. The van der Waals surface area contributed by atoms with Gasteiger partial charge in [0.1, 0.15) is 5.82 Å². The molecule has 1 aromatic carbocycles. The molecule has 0 fully saturated rings. The minimum absolute atomic E-state index is 0.00687. The number of carbonyl (C=O) groups excluding carboxylic acids is 1. The van der Waals surface area contributed by atoms with Gasteiger partial charge in [-0.3, -0.25) is 4.79 Å². The predicted molar refractivity (Wildman–Crippen MR) is 69.8 cm³/mol. The Kier molecular flexibility index (Phi) is 5.04. The van der Waals surface area contributed by atoms with Gasteiger partial charge in [-0.25, -0.2) is 4.39 Å². The summed E-state index contributed by atoms with van der Waals surface area (Å²) in [6.07, 6.45) is -4.65. The van der Waals surface area contributed by atoms with Gasteiger partial charge in [-0.2, -0.15) is 13.2 Å². The molecule has 0 heterocycles. The minimum atomic E-state index is -4.65. The molecule has 3 nitrogen and oxygen atoms in total. The van der Waals surface area contributed by atoms with Gasteiger partial charge in [-0.15, -0.1) is 0 Å². The average Bonchev–Trinajstić information content (AvgIpc) is 2.34. The molecule has 110 valence electrons. The van der Waals surface area contributed by atoms with E-state index in [2.05, 4.69) is 12.2 Å². The lowest BCUT2D eigenvalue weighted by atomic mass is 10.1. The fraction of sp³-hybridized carbons (Fsp3) is 0.333. The van der Waals surface area contributed by atoms with Crippen LogP contribution in [0.1, 0.15) is 22.8 Å².